The predicted octanol–water partition coefficient (Wildman–Crippen LogP) is 3.02. The van der Waals surface area contributed by atoms with Crippen LogP contribution in [-0.2, 0) is 0 Å². The molecule has 0 saturated carbocycles. The minimum Gasteiger partial charge on any atom is -0.274 e. The van der Waals surface area contributed by atoms with E-state index in [0.717, 1.165) is 12.5 Å². The summed E-state index contributed by atoms with van der Waals surface area (Å²) in [4.78, 5) is 0. The summed E-state index contributed by atoms with van der Waals surface area (Å²) in [6.07, 6.45) is 9.78. The zero-order valence-corrected chi connectivity index (χ0v) is 11.4. The molecule has 0 radical (unpaired) electrons. The molecular formula is C14H29N2+. The molecule has 0 aromatic carbocycles. The SMILES string of the molecule is CCCCCCCCC(C)C1=[N+](C)CCN1. The van der Waals surface area contributed by atoms with Crippen LogP contribution in [0.25, 0.3) is 0 Å². The van der Waals surface area contributed by atoms with E-state index >= 15 is 0 Å². The van der Waals surface area contributed by atoms with E-state index < -0.39 is 0 Å². The molecule has 1 aliphatic heterocycles. The van der Waals surface area contributed by atoms with E-state index in [-0.39, 0.29) is 0 Å². The molecule has 1 rings (SSSR count). The minimum absolute atomic E-state index is 0.721. The van der Waals surface area contributed by atoms with Crippen LogP contribution in [0.5, 0.6) is 0 Å². The van der Waals surface area contributed by atoms with Gasteiger partial charge >= 0.3 is 0 Å². The van der Waals surface area contributed by atoms with Crippen LogP contribution in [0.3, 0.4) is 0 Å². The number of likely N-dealkylation sites (N-methyl/N-ethyl adjacent to an activating group) is 1. The molecule has 0 aromatic heterocycles. The molecule has 1 unspecified atom stereocenters. The van der Waals surface area contributed by atoms with Crippen molar-refractivity contribution in [2.75, 3.05) is 20.1 Å². The van der Waals surface area contributed by atoms with Crippen LogP contribution in [0.2, 0.25) is 0 Å². The third-order valence-electron chi connectivity index (χ3n) is 3.62. The summed E-state index contributed by atoms with van der Waals surface area (Å²) in [5.41, 5.74) is 0. The molecule has 0 aromatic rings. The first kappa shape index (κ1) is 13.5. The summed E-state index contributed by atoms with van der Waals surface area (Å²) in [6.45, 7) is 6.94. The van der Waals surface area contributed by atoms with Gasteiger partial charge in [-0.25, -0.2) is 0 Å². The Morgan fingerprint density at radius 3 is 2.50 bits per heavy atom. The Bertz CT molecular complexity index is 221. The molecular weight excluding hydrogens is 196 g/mol. The molecule has 0 aliphatic carbocycles. The van der Waals surface area contributed by atoms with E-state index in [4.69, 9.17) is 0 Å². The van der Waals surface area contributed by atoms with Gasteiger partial charge in [0, 0.05) is 0 Å². The fourth-order valence-corrected chi connectivity index (χ4v) is 2.53. The average Bonchev–Trinajstić information content (AvgIpc) is 2.69. The highest BCUT2D eigenvalue weighted by Gasteiger charge is 2.23. The second-order valence-corrected chi connectivity index (χ2v) is 5.19. The first-order valence-electron chi connectivity index (χ1n) is 7.07. The second-order valence-electron chi connectivity index (χ2n) is 5.19. The number of hydrogen-bond donors (Lipinski definition) is 1. The predicted molar refractivity (Wildman–Crippen MR) is 71.2 cm³/mol. The van der Waals surface area contributed by atoms with Gasteiger partial charge in [-0.05, 0) is 6.42 Å². The van der Waals surface area contributed by atoms with Crippen LogP contribution in [0, 0.1) is 5.92 Å². The molecule has 16 heavy (non-hydrogen) atoms. The molecule has 94 valence electrons. The first-order chi connectivity index (χ1) is 7.75. The zero-order chi connectivity index (χ0) is 11.8. The number of amidine groups is 1. The first-order valence-corrected chi connectivity index (χ1v) is 7.07. The molecule has 0 saturated heterocycles. The van der Waals surface area contributed by atoms with Crippen LogP contribution in [0.15, 0.2) is 0 Å². The van der Waals surface area contributed by atoms with Crippen LogP contribution >= 0.6 is 0 Å². The average molecular weight is 225 g/mol. The lowest BCUT2D eigenvalue weighted by molar-refractivity contribution is -0.488. The lowest BCUT2D eigenvalue weighted by atomic mass is 10.0. The lowest BCUT2D eigenvalue weighted by Gasteiger charge is -2.08. The highest BCUT2D eigenvalue weighted by molar-refractivity contribution is 5.80. The van der Waals surface area contributed by atoms with E-state index in [1.165, 1.54) is 57.3 Å². The molecule has 1 aliphatic rings. The van der Waals surface area contributed by atoms with Crippen molar-refractivity contribution in [2.45, 2.75) is 58.8 Å². The summed E-state index contributed by atoms with van der Waals surface area (Å²) >= 11 is 0. The molecule has 2 nitrogen and oxygen atoms in total. The maximum Gasteiger partial charge on any atom is 0.247 e. The van der Waals surface area contributed by atoms with Crippen molar-refractivity contribution in [3.63, 3.8) is 0 Å². The van der Waals surface area contributed by atoms with Crippen molar-refractivity contribution in [2.24, 2.45) is 5.92 Å². The molecule has 0 fully saturated rings. The van der Waals surface area contributed by atoms with Gasteiger partial charge in [0.05, 0.1) is 13.0 Å². The molecule has 1 atom stereocenters. The fraction of sp³-hybridized carbons (Fsp3) is 0.929. The molecule has 1 heterocycles. The van der Waals surface area contributed by atoms with Crippen LogP contribution < -0.4 is 5.32 Å². The minimum atomic E-state index is 0.721. The Hall–Kier alpha value is -0.530. The normalized spacial score (nSPS) is 17.7. The Morgan fingerprint density at radius 2 is 1.88 bits per heavy atom. The van der Waals surface area contributed by atoms with Crippen molar-refractivity contribution < 1.29 is 4.58 Å². The zero-order valence-electron chi connectivity index (χ0n) is 11.4. The summed E-state index contributed by atoms with van der Waals surface area (Å²) in [6, 6.07) is 0. The molecule has 0 bridgehead atoms. The maximum absolute atomic E-state index is 3.51. The number of hydrogen-bond acceptors (Lipinski definition) is 1. The van der Waals surface area contributed by atoms with Gasteiger partial charge in [-0.15, -0.1) is 0 Å². The van der Waals surface area contributed by atoms with Crippen LogP contribution in [0.4, 0.5) is 0 Å². The largest absolute Gasteiger partial charge is 0.274 e. The smallest absolute Gasteiger partial charge is 0.247 e. The lowest BCUT2D eigenvalue weighted by Crippen LogP contribution is -2.28. The van der Waals surface area contributed by atoms with Gasteiger partial charge < -0.3 is 0 Å². The summed E-state index contributed by atoms with van der Waals surface area (Å²) in [5.74, 6) is 2.19. The molecule has 1 N–H and O–H groups in total. The second kappa shape index (κ2) is 7.70. The van der Waals surface area contributed by atoms with Crippen molar-refractivity contribution in [1.82, 2.24) is 5.32 Å². The van der Waals surface area contributed by atoms with Crippen molar-refractivity contribution in [3.05, 3.63) is 0 Å². The topological polar surface area (TPSA) is 15.0 Å². The van der Waals surface area contributed by atoms with Crippen molar-refractivity contribution in [3.8, 4) is 0 Å². The maximum atomic E-state index is 3.51. The van der Waals surface area contributed by atoms with Crippen LogP contribution in [-0.4, -0.2) is 30.5 Å². The highest BCUT2D eigenvalue weighted by Crippen LogP contribution is 2.13. The number of nitrogens with one attached hydrogen (secondary N) is 1. The summed E-state index contributed by atoms with van der Waals surface area (Å²) < 4.78 is 2.38. The highest BCUT2D eigenvalue weighted by atomic mass is 15.2. The fourth-order valence-electron chi connectivity index (χ4n) is 2.53. The van der Waals surface area contributed by atoms with Crippen LogP contribution in [0.1, 0.15) is 58.8 Å². The van der Waals surface area contributed by atoms with Gasteiger partial charge in [0.2, 0.25) is 5.84 Å². The van der Waals surface area contributed by atoms with Gasteiger partial charge in [-0.1, -0.05) is 52.4 Å². The third kappa shape index (κ3) is 4.54. The van der Waals surface area contributed by atoms with Gasteiger partial charge in [0.1, 0.15) is 13.1 Å². The summed E-state index contributed by atoms with van der Waals surface area (Å²) in [5, 5.41) is 3.51. The van der Waals surface area contributed by atoms with E-state index in [1.807, 2.05) is 0 Å². The Morgan fingerprint density at radius 1 is 1.19 bits per heavy atom. The quantitative estimate of drug-likeness (QED) is 0.496. The molecule has 0 amide bonds. The standard InChI is InChI=1S/C14H28N2/c1-4-5-6-7-8-9-10-13(2)14-15-11-12-16(14)3/h13H,4-12H2,1-3H3/p+1. The Balaban J connectivity index is 2.06. The van der Waals surface area contributed by atoms with Gasteiger partial charge in [-0.3, -0.25) is 9.89 Å². The monoisotopic (exact) mass is 225 g/mol. The van der Waals surface area contributed by atoms with E-state index in [1.54, 1.807) is 0 Å². The van der Waals surface area contributed by atoms with Crippen molar-refractivity contribution in [1.29, 1.82) is 0 Å². The van der Waals surface area contributed by atoms with E-state index in [9.17, 15) is 0 Å². The Labute approximate surface area is 101 Å². The number of unbranched alkanes of at least 4 members (excludes halogenated alkanes) is 5. The third-order valence-corrected chi connectivity index (χ3v) is 3.62. The van der Waals surface area contributed by atoms with Gasteiger partial charge in [0.25, 0.3) is 0 Å². The van der Waals surface area contributed by atoms with E-state index in [2.05, 4.69) is 30.8 Å². The number of rotatable bonds is 8. The molecule has 2 heteroatoms. The summed E-state index contributed by atoms with van der Waals surface area (Å²) in [7, 11) is 2.20. The van der Waals surface area contributed by atoms with Crippen molar-refractivity contribution >= 4 is 5.84 Å². The molecule has 0 spiro atoms. The number of nitrogens with zero attached hydrogens (tertiary/aromatic N) is 1. The Kier molecular flexibility index (Phi) is 6.51. The van der Waals surface area contributed by atoms with Gasteiger partial charge in [0.15, 0.2) is 0 Å². The van der Waals surface area contributed by atoms with E-state index in [0.29, 0.717) is 0 Å². The van der Waals surface area contributed by atoms with Gasteiger partial charge in [-0.2, -0.15) is 0 Å².